The second-order valence-corrected chi connectivity index (χ2v) is 5.67. The van der Waals surface area contributed by atoms with Crippen LogP contribution in [0.15, 0.2) is 31.1 Å². The summed E-state index contributed by atoms with van der Waals surface area (Å²) in [7, 11) is 0. The molecular weight excluding hydrogens is 294 g/mol. The highest BCUT2D eigenvalue weighted by atomic mass is 16.5. The van der Waals surface area contributed by atoms with Gasteiger partial charge in [0.15, 0.2) is 0 Å². The van der Waals surface area contributed by atoms with E-state index in [0.29, 0.717) is 31.9 Å². The summed E-state index contributed by atoms with van der Waals surface area (Å²) in [5.74, 6) is 0.138. The summed E-state index contributed by atoms with van der Waals surface area (Å²) in [5, 5.41) is 0. The largest absolute Gasteiger partial charge is 0.379 e. The van der Waals surface area contributed by atoms with E-state index in [0.717, 1.165) is 17.8 Å². The number of rotatable bonds is 3. The number of nitrogens with zero attached hydrogens (tertiary/aromatic N) is 5. The molecule has 0 N–H and O–H groups in total. The molecular formula is C16H19N5O2. The van der Waals surface area contributed by atoms with E-state index in [1.807, 2.05) is 6.92 Å². The molecule has 0 aromatic carbocycles. The molecule has 0 spiro atoms. The van der Waals surface area contributed by atoms with Gasteiger partial charge in [-0.3, -0.25) is 14.8 Å². The second-order valence-electron chi connectivity index (χ2n) is 5.67. The van der Waals surface area contributed by atoms with Gasteiger partial charge in [-0.25, -0.2) is 9.97 Å². The van der Waals surface area contributed by atoms with Crippen molar-refractivity contribution in [2.24, 2.45) is 5.92 Å². The van der Waals surface area contributed by atoms with Gasteiger partial charge in [-0.1, -0.05) is 0 Å². The topological polar surface area (TPSA) is 81.1 Å². The first-order valence-corrected chi connectivity index (χ1v) is 7.62. The van der Waals surface area contributed by atoms with Crippen LogP contribution in [-0.4, -0.2) is 57.0 Å². The van der Waals surface area contributed by atoms with Gasteiger partial charge < -0.3 is 9.64 Å². The Morgan fingerprint density at radius 3 is 2.83 bits per heavy atom. The molecule has 2 aromatic heterocycles. The van der Waals surface area contributed by atoms with Crippen LogP contribution in [0.25, 0.3) is 0 Å². The number of carbonyl (C=O) groups excluding carboxylic acids is 1. The van der Waals surface area contributed by atoms with Crippen molar-refractivity contribution in [3.05, 3.63) is 48.1 Å². The van der Waals surface area contributed by atoms with Gasteiger partial charge >= 0.3 is 0 Å². The predicted molar refractivity (Wildman–Crippen MR) is 82.7 cm³/mol. The van der Waals surface area contributed by atoms with Crippen LogP contribution in [0.2, 0.25) is 0 Å². The molecule has 3 heterocycles. The number of hydrogen-bond acceptors (Lipinski definition) is 6. The van der Waals surface area contributed by atoms with Gasteiger partial charge in [-0.05, 0) is 13.3 Å². The minimum atomic E-state index is -0.0592. The summed E-state index contributed by atoms with van der Waals surface area (Å²) in [4.78, 5) is 30.8. The first kappa shape index (κ1) is 15.5. The van der Waals surface area contributed by atoms with Crippen molar-refractivity contribution in [1.82, 2.24) is 24.8 Å². The van der Waals surface area contributed by atoms with E-state index < -0.39 is 0 Å². The van der Waals surface area contributed by atoms with Crippen molar-refractivity contribution in [1.29, 1.82) is 0 Å². The molecule has 0 unspecified atom stereocenters. The van der Waals surface area contributed by atoms with Gasteiger partial charge in [-0.15, -0.1) is 0 Å². The Kier molecular flexibility index (Phi) is 4.87. The van der Waals surface area contributed by atoms with Crippen molar-refractivity contribution in [2.45, 2.75) is 13.3 Å². The lowest BCUT2D eigenvalue weighted by Crippen LogP contribution is -2.36. The van der Waals surface area contributed by atoms with E-state index in [4.69, 9.17) is 4.74 Å². The van der Waals surface area contributed by atoms with Gasteiger partial charge in [0, 0.05) is 43.8 Å². The second kappa shape index (κ2) is 7.23. The molecule has 1 atom stereocenters. The maximum atomic E-state index is 12.6. The smallest absolute Gasteiger partial charge is 0.257 e. The Labute approximate surface area is 134 Å². The quantitative estimate of drug-likeness (QED) is 0.837. The maximum Gasteiger partial charge on any atom is 0.257 e. The Morgan fingerprint density at radius 2 is 2.09 bits per heavy atom. The summed E-state index contributed by atoms with van der Waals surface area (Å²) in [6.07, 6.45) is 8.79. The molecule has 0 bridgehead atoms. The van der Waals surface area contributed by atoms with Gasteiger partial charge in [-0.2, -0.15) is 0 Å². The molecule has 23 heavy (non-hydrogen) atoms. The van der Waals surface area contributed by atoms with E-state index in [1.54, 1.807) is 29.7 Å². The number of amides is 1. The molecule has 1 saturated heterocycles. The molecule has 3 rings (SSSR count). The van der Waals surface area contributed by atoms with Crippen LogP contribution in [-0.2, 0) is 11.2 Å². The van der Waals surface area contributed by atoms with E-state index in [-0.39, 0.29) is 11.8 Å². The first-order valence-electron chi connectivity index (χ1n) is 7.62. The third-order valence-electron chi connectivity index (χ3n) is 3.76. The van der Waals surface area contributed by atoms with E-state index in [1.165, 1.54) is 6.33 Å². The highest BCUT2D eigenvalue weighted by Gasteiger charge is 2.24. The minimum Gasteiger partial charge on any atom is -0.379 e. The molecule has 120 valence electrons. The molecule has 2 aromatic rings. The number of aryl methyl sites for hydroxylation is 1. The van der Waals surface area contributed by atoms with Crippen LogP contribution in [0.4, 0.5) is 0 Å². The normalized spacial score (nSPS) is 18.5. The third-order valence-corrected chi connectivity index (χ3v) is 3.76. The fourth-order valence-corrected chi connectivity index (χ4v) is 2.60. The Hall–Kier alpha value is -2.41. The molecule has 0 aliphatic carbocycles. The van der Waals surface area contributed by atoms with Crippen molar-refractivity contribution >= 4 is 5.91 Å². The van der Waals surface area contributed by atoms with Crippen LogP contribution in [0, 0.1) is 12.8 Å². The van der Waals surface area contributed by atoms with E-state index >= 15 is 0 Å². The zero-order valence-corrected chi connectivity index (χ0v) is 13.1. The van der Waals surface area contributed by atoms with Gasteiger partial charge in [0.2, 0.25) is 0 Å². The SMILES string of the molecule is Cc1cnc(C[C@@H]2COCCN(C(=O)c3cncnc3)C2)cn1. The minimum absolute atomic E-state index is 0.0592. The van der Waals surface area contributed by atoms with Crippen LogP contribution < -0.4 is 0 Å². The van der Waals surface area contributed by atoms with Crippen LogP contribution in [0.3, 0.4) is 0 Å². The average molecular weight is 313 g/mol. The fourth-order valence-electron chi connectivity index (χ4n) is 2.60. The monoisotopic (exact) mass is 313 g/mol. The van der Waals surface area contributed by atoms with Crippen LogP contribution in [0.5, 0.6) is 0 Å². The summed E-state index contributed by atoms with van der Waals surface area (Å²) < 4.78 is 5.65. The van der Waals surface area contributed by atoms with Gasteiger partial charge in [0.1, 0.15) is 6.33 Å². The molecule has 7 heteroatoms. The highest BCUT2D eigenvalue weighted by molar-refractivity contribution is 5.93. The van der Waals surface area contributed by atoms with Crippen molar-refractivity contribution in [3.63, 3.8) is 0 Å². The number of ether oxygens (including phenoxy) is 1. The highest BCUT2D eigenvalue weighted by Crippen LogP contribution is 2.14. The molecule has 1 fully saturated rings. The zero-order chi connectivity index (χ0) is 16.1. The lowest BCUT2D eigenvalue weighted by Gasteiger charge is -2.23. The maximum absolute atomic E-state index is 12.6. The first-order chi connectivity index (χ1) is 11.2. The summed E-state index contributed by atoms with van der Waals surface area (Å²) in [6.45, 7) is 4.26. The zero-order valence-electron chi connectivity index (χ0n) is 13.1. The molecule has 7 nitrogen and oxygen atoms in total. The number of hydrogen-bond donors (Lipinski definition) is 0. The molecule has 1 amide bonds. The van der Waals surface area contributed by atoms with Crippen LogP contribution >= 0.6 is 0 Å². The van der Waals surface area contributed by atoms with Gasteiger partial charge in [0.25, 0.3) is 5.91 Å². The number of aromatic nitrogens is 4. The molecule has 1 aliphatic rings. The Bertz CT molecular complexity index is 647. The summed E-state index contributed by atoms with van der Waals surface area (Å²) in [5.41, 5.74) is 2.32. The Morgan fingerprint density at radius 1 is 1.26 bits per heavy atom. The molecule has 0 saturated carbocycles. The lowest BCUT2D eigenvalue weighted by atomic mass is 10.0. The van der Waals surface area contributed by atoms with E-state index in [9.17, 15) is 4.79 Å². The van der Waals surface area contributed by atoms with Crippen molar-refractivity contribution < 1.29 is 9.53 Å². The molecule has 1 aliphatic heterocycles. The van der Waals surface area contributed by atoms with E-state index in [2.05, 4.69) is 19.9 Å². The predicted octanol–water partition coefficient (Wildman–Crippen LogP) is 0.906. The fraction of sp³-hybridized carbons (Fsp3) is 0.438. The molecule has 0 radical (unpaired) electrons. The van der Waals surface area contributed by atoms with Gasteiger partial charge in [0.05, 0.1) is 30.2 Å². The standard InChI is InChI=1S/C16H19N5O2/c1-12-5-20-15(8-19-12)4-13-9-21(2-3-23-10-13)16(22)14-6-17-11-18-7-14/h5-8,11,13H,2-4,9-10H2,1H3/t13-/m0/s1. The van der Waals surface area contributed by atoms with Crippen molar-refractivity contribution in [3.8, 4) is 0 Å². The number of carbonyl (C=O) groups is 1. The average Bonchev–Trinajstić information content (AvgIpc) is 2.83. The third kappa shape index (κ3) is 4.07. The van der Waals surface area contributed by atoms with Crippen molar-refractivity contribution in [2.75, 3.05) is 26.3 Å². The van der Waals surface area contributed by atoms with Crippen LogP contribution in [0.1, 0.15) is 21.7 Å². The summed E-state index contributed by atoms with van der Waals surface area (Å²) >= 11 is 0. The lowest BCUT2D eigenvalue weighted by molar-refractivity contribution is 0.0736. The Balaban J connectivity index is 1.68. The summed E-state index contributed by atoms with van der Waals surface area (Å²) in [6, 6.07) is 0.